The summed E-state index contributed by atoms with van der Waals surface area (Å²) in [5.74, 6) is 0. The molecule has 2 aromatic heterocycles. The monoisotopic (exact) mass is 618 g/mol. The molecule has 2 heteroatoms. The predicted octanol–water partition coefficient (Wildman–Crippen LogP) is 13.7. The molecule has 2 heterocycles. The molecule has 0 saturated carbocycles. The highest BCUT2D eigenvalue weighted by Gasteiger charge is 2.19. The summed E-state index contributed by atoms with van der Waals surface area (Å²) >= 11 is 3.79. The van der Waals surface area contributed by atoms with E-state index in [4.69, 9.17) is 0 Å². The van der Waals surface area contributed by atoms with E-state index in [9.17, 15) is 0 Å². The molecule has 0 unspecified atom stereocenters. The van der Waals surface area contributed by atoms with Gasteiger partial charge in [0.15, 0.2) is 0 Å². The Morgan fingerprint density at radius 3 is 1.46 bits per heavy atom. The van der Waals surface area contributed by atoms with Gasteiger partial charge in [0.1, 0.15) is 0 Å². The molecule has 0 aliphatic heterocycles. The predicted molar refractivity (Wildman–Crippen MR) is 204 cm³/mol. The van der Waals surface area contributed by atoms with Crippen LogP contribution in [0.3, 0.4) is 0 Å². The van der Waals surface area contributed by atoms with Gasteiger partial charge in [0.25, 0.3) is 0 Å². The molecular formula is C44H26S2. The number of rotatable bonds is 3. The third-order valence-electron chi connectivity index (χ3n) is 9.47. The van der Waals surface area contributed by atoms with Gasteiger partial charge in [-0.1, -0.05) is 127 Å². The summed E-state index contributed by atoms with van der Waals surface area (Å²) in [6.07, 6.45) is 0. The SMILES string of the molecule is c1ccc(-c2c3ccccc3c(-c3cccc4c3sc3ccc(-c5ccc6sc7ccccc7c6c5)cc34)c3ccccc23)cc1. The summed E-state index contributed by atoms with van der Waals surface area (Å²) < 4.78 is 5.35. The van der Waals surface area contributed by atoms with Crippen molar-refractivity contribution in [3.05, 3.63) is 158 Å². The van der Waals surface area contributed by atoms with Crippen LogP contribution in [-0.4, -0.2) is 0 Å². The largest absolute Gasteiger partial charge is 0.135 e. The molecule has 8 aromatic carbocycles. The molecule has 0 bridgehead atoms. The quantitative estimate of drug-likeness (QED) is 0.173. The van der Waals surface area contributed by atoms with Gasteiger partial charge < -0.3 is 0 Å². The first-order valence-electron chi connectivity index (χ1n) is 15.7. The van der Waals surface area contributed by atoms with E-state index in [0.29, 0.717) is 0 Å². The summed E-state index contributed by atoms with van der Waals surface area (Å²) in [6.45, 7) is 0. The summed E-state index contributed by atoms with van der Waals surface area (Å²) in [7, 11) is 0. The fraction of sp³-hybridized carbons (Fsp3) is 0. The van der Waals surface area contributed by atoms with Crippen LogP contribution in [-0.2, 0) is 0 Å². The van der Waals surface area contributed by atoms with Crippen molar-refractivity contribution in [2.75, 3.05) is 0 Å². The highest BCUT2D eigenvalue weighted by atomic mass is 32.1. The Hall–Kier alpha value is -5.28. The van der Waals surface area contributed by atoms with Crippen LogP contribution in [0.5, 0.6) is 0 Å². The fourth-order valence-electron chi connectivity index (χ4n) is 7.41. The van der Waals surface area contributed by atoms with Crippen molar-refractivity contribution < 1.29 is 0 Å². The lowest BCUT2D eigenvalue weighted by atomic mass is 9.86. The van der Waals surface area contributed by atoms with Crippen LogP contribution in [0.4, 0.5) is 0 Å². The molecule has 0 N–H and O–H groups in total. The summed E-state index contributed by atoms with van der Waals surface area (Å²) in [5, 5.41) is 10.5. The van der Waals surface area contributed by atoms with E-state index in [2.05, 4.69) is 158 Å². The van der Waals surface area contributed by atoms with Crippen molar-refractivity contribution >= 4 is 84.6 Å². The minimum Gasteiger partial charge on any atom is -0.135 e. The fourth-order valence-corrected chi connectivity index (χ4v) is 9.70. The third-order valence-corrected chi connectivity index (χ3v) is 11.8. The number of benzene rings is 8. The first-order chi connectivity index (χ1) is 22.8. The first-order valence-corrected chi connectivity index (χ1v) is 17.3. The van der Waals surface area contributed by atoms with Gasteiger partial charge in [-0.05, 0) is 79.7 Å². The van der Waals surface area contributed by atoms with Gasteiger partial charge >= 0.3 is 0 Å². The molecule has 10 rings (SSSR count). The maximum Gasteiger partial charge on any atom is 0.0434 e. The van der Waals surface area contributed by atoms with Crippen LogP contribution in [0.2, 0.25) is 0 Å². The summed E-state index contributed by atoms with van der Waals surface area (Å²) in [4.78, 5) is 0. The maximum atomic E-state index is 2.41. The van der Waals surface area contributed by atoms with Gasteiger partial charge in [-0.3, -0.25) is 0 Å². The minimum absolute atomic E-state index is 1.25. The molecule has 0 fully saturated rings. The Balaban J connectivity index is 1.22. The molecule has 0 saturated heterocycles. The smallest absolute Gasteiger partial charge is 0.0434 e. The van der Waals surface area contributed by atoms with E-state index in [0.717, 1.165) is 0 Å². The molecule has 0 nitrogen and oxygen atoms in total. The molecule has 46 heavy (non-hydrogen) atoms. The van der Waals surface area contributed by atoms with E-state index < -0.39 is 0 Å². The van der Waals surface area contributed by atoms with Gasteiger partial charge in [-0.2, -0.15) is 0 Å². The topological polar surface area (TPSA) is 0 Å². The Morgan fingerprint density at radius 1 is 0.283 bits per heavy atom. The summed E-state index contributed by atoms with van der Waals surface area (Å²) in [5.41, 5.74) is 7.71. The van der Waals surface area contributed by atoms with E-state index in [-0.39, 0.29) is 0 Å². The molecule has 0 radical (unpaired) electrons. The van der Waals surface area contributed by atoms with Crippen molar-refractivity contribution in [1.29, 1.82) is 0 Å². The molecule has 0 spiro atoms. The number of hydrogen-bond acceptors (Lipinski definition) is 2. The second kappa shape index (κ2) is 10.1. The van der Waals surface area contributed by atoms with Crippen molar-refractivity contribution in [1.82, 2.24) is 0 Å². The zero-order chi connectivity index (χ0) is 30.2. The van der Waals surface area contributed by atoms with Gasteiger partial charge in [-0.25, -0.2) is 0 Å². The lowest BCUT2D eigenvalue weighted by Gasteiger charge is -2.18. The number of hydrogen-bond donors (Lipinski definition) is 0. The van der Waals surface area contributed by atoms with Crippen molar-refractivity contribution in [3.8, 4) is 33.4 Å². The van der Waals surface area contributed by atoms with Crippen molar-refractivity contribution in [2.24, 2.45) is 0 Å². The molecule has 214 valence electrons. The van der Waals surface area contributed by atoms with Crippen LogP contribution in [0.25, 0.3) is 95.3 Å². The Morgan fingerprint density at radius 2 is 0.783 bits per heavy atom. The molecule has 10 aromatic rings. The van der Waals surface area contributed by atoms with Gasteiger partial charge in [-0.15, -0.1) is 22.7 Å². The van der Waals surface area contributed by atoms with Crippen LogP contribution in [0, 0.1) is 0 Å². The highest BCUT2D eigenvalue weighted by Crippen LogP contribution is 2.48. The number of thiophene rings is 2. The van der Waals surface area contributed by atoms with E-state index in [1.165, 1.54) is 95.3 Å². The first kappa shape index (κ1) is 26.0. The van der Waals surface area contributed by atoms with Crippen LogP contribution >= 0.6 is 22.7 Å². The van der Waals surface area contributed by atoms with Crippen LogP contribution in [0.15, 0.2) is 158 Å². The lowest BCUT2D eigenvalue weighted by molar-refractivity contribution is 1.67. The average molecular weight is 619 g/mol. The maximum absolute atomic E-state index is 2.41. The molecular weight excluding hydrogens is 593 g/mol. The Labute approximate surface area is 274 Å². The van der Waals surface area contributed by atoms with Crippen LogP contribution < -0.4 is 0 Å². The van der Waals surface area contributed by atoms with Gasteiger partial charge in [0, 0.05) is 45.9 Å². The molecule has 0 atom stereocenters. The van der Waals surface area contributed by atoms with E-state index in [1.807, 2.05) is 22.7 Å². The molecule has 0 aliphatic rings. The average Bonchev–Trinajstić information content (AvgIpc) is 3.69. The summed E-state index contributed by atoms with van der Waals surface area (Å²) in [6, 6.07) is 58.3. The minimum atomic E-state index is 1.25. The zero-order valence-electron chi connectivity index (χ0n) is 24.8. The van der Waals surface area contributed by atoms with E-state index >= 15 is 0 Å². The lowest BCUT2D eigenvalue weighted by Crippen LogP contribution is -1.90. The highest BCUT2D eigenvalue weighted by molar-refractivity contribution is 7.26. The van der Waals surface area contributed by atoms with Gasteiger partial charge in [0.2, 0.25) is 0 Å². The number of fused-ring (bicyclic) bond motifs is 8. The normalized spacial score (nSPS) is 11.9. The zero-order valence-corrected chi connectivity index (χ0v) is 26.5. The second-order valence-corrected chi connectivity index (χ2v) is 14.1. The van der Waals surface area contributed by atoms with Crippen molar-refractivity contribution in [3.63, 3.8) is 0 Å². The van der Waals surface area contributed by atoms with Crippen molar-refractivity contribution in [2.45, 2.75) is 0 Å². The molecule has 0 amide bonds. The van der Waals surface area contributed by atoms with E-state index in [1.54, 1.807) is 0 Å². The third kappa shape index (κ3) is 3.84. The van der Waals surface area contributed by atoms with Gasteiger partial charge in [0.05, 0.1) is 0 Å². The molecule has 0 aliphatic carbocycles. The Kier molecular flexibility index (Phi) is 5.72. The van der Waals surface area contributed by atoms with Crippen LogP contribution in [0.1, 0.15) is 0 Å². The Bertz CT molecular complexity index is 2740. The standard InChI is InChI=1S/C44H26S2/c1-2-11-27(12-3-1)42-31-14-4-6-16-33(31)43(34-17-7-5-15-32(34)42)36-19-10-18-35-38-26-29(22-24-41(38)46-44(35)36)28-21-23-40-37(25-28)30-13-8-9-20-39(30)45-40/h1-26H. The second-order valence-electron chi connectivity index (χ2n) is 12.0.